The van der Waals surface area contributed by atoms with Crippen LogP contribution in [0.4, 0.5) is 5.82 Å². The van der Waals surface area contributed by atoms with E-state index in [-0.39, 0.29) is 17.7 Å². The summed E-state index contributed by atoms with van der Waals surface area (Å²) in [6, 6.07) is 8.76. The number of nitrogens with one attached hydrogen (secondary N) is 3. The van der Waals surface area contributed by atoms with Crippen LogP contribution in [0.2, 0.25) is 0 Å². The Balaban J connectivity index is 1.82. The molecule has 0 aliphatic heterocycles. The summed E-state index contributed by atoms with van der Waals surface area (Å²) in [5, 5.41) is 10.3. The smallest absolute Gasteiger partial charge is 0.248 e. The molecule has 3 N–H and O–H groups in total. The van der Waals surface area contributed by atoms with Crippen LogP contribution in [-0.4, -0.2) is 28.0 Å². The molecule has 0 fully saturated rings. The second-order valence-electron chi connectivity index (χ2n) is 6.59. The predicted molar refractivity (Wildman–Crippen MR) is 98.6 cm³/mol. The summed E-state index contributed by atoms with van der Waals surface area (Å²) in [7, 11) is 0. The zero-order chi connectivity index (χ0) is 18.7. The molecule has 7 nitrogen and oxygen atoms in total. The lowest BCUT2D eigenvalue weighted by molar-refractivity contribution is -0.128. The Kier molecular flexibility index (Phi) is 5.06. The van der Waals surface area contributed by atoms with Crippen LogP contribution in [0.5, 0.6) is 0 Å². The van der Waals surface area contributed by atoms with Crippen molar-refractivity contribution in [3.05, 3.63) is 47.9 Å². The van der Waals surface area contributed by atoms with Gasteiger partial charge in [-0.25, -0.2) is 0 Å². The van der Waals surface area contributed by atoms with E-state index in [1.54, 1.807) is 26.8 Å². The van der Waals surface area contributed by atoms with Crippen molar-refractivity contribution in [2.24, 2.45) is 5.92 Å². The molecule has 0 saturated carbocycles. The van der Waals surface area contributed by atoms with Crippen LogP contribution in [0.1, 0.15) is 25.2 Å². The maximum absolute atomic E-state index is 12.7. The molecule has 0 radical (unpaired) electrons. The van der Waals surface area contributed by atoms with Gasteiger partial charge in [-0.05, 0) is 18.6 Å². The van der Waals surface area contributed by atoms with E-state index in [1.807, 2.05) is 30.5 Å². The Labute approximate surface area is 151 Å². The molecule has 0 bridgehead atoms. The molecular weight excluding hydrogens is 332 g/mol. The van der Waals surface area contributed by atoms with Crippen LogP contribution in [-0.2, 0) is 16.0 Å². The zero-order valence-corrected chi connectivity index (χ0v) is 15.0. The van der Waals surface area contributed by atoms with E-state index < -0.39 is 6.04 Å². The monoisotopic (exact) mass is 354 g/mol. The van der Waals surface area contributed by atoms with E-state index in [0.717, 1.165) is 16.5 Å². The maximum atomic E-state index is 12.7. The second-order valence-corrected chi connectivity index (χ2v) is 6.59. The molecule has 0 aliphatic carbocycles. The van der Waals surface area contributed by atoms with Crippen molar-refractivity contribution in [3.63, 3.8) is 0 Å². The number of anilines is 1. The number of aromatic nitrogens is 2. The molecule has 0 aliphatic rings. The standard InChI is InChI=1S/C19H22N4O3/c1-11(2)18(24)21-16(19(25)22-17-8-12(3)26-23-17)9-13-10-20-15-7-5-4-6-14(13)15/h4-8,10-11,16,20H,9H2,1-3H3,(H,21,24)(H,22,23,25)/t16-/m0/s1. The van der Waals surface area contributed by atoms with Crippen LogP contribution < -0.4 is 10.6 Å². The minimum absolute atomic E-state index is 0.179. The number of para-hydroxylation sites is 1. The molecule has 0 unspecified atom stereocenters. The van der Waals surface area contributed by atoms with Gasteiger partial charge < -0.3 is 20.1 Å². The lowest BCUT2D eigenvalue weighted by Gasteiger charge is -2.19. The first-order valence-corrected chi connectivity index (χ1v) is 8.53. The Morgan fingerprint density at radius 3 is 2.69 bits per heavy atom. The van der Waals surface area contributed by atoms with E-state index in [0.29, 0.717) is 18.0 Å². The lowest BCUT2D eigenvalue weighted by atomic mass is 10.0. The fourth-order valence-electron chi connectivity index (χ4n) is 2.71. The minimum Gasteiger partial charge on any atom is -0.361 e. The van der Waals surface area contributed by atoms with Crippen molar-refractivity contribution < 1.29 is 14.1 Å². The number of hydrogen-bond acceptors (Lipinski definition) is 4. The van der Waals surface area contributed by atoms with Gasteiger partial charge in [-0.15, -0.1) is 0 Å². The van der Waals surface area contributed by atoms with Gasteiger partial charge in [-0.1, -0.05) is 37.2 Å². The molecular formula is C19H22N4O3. The Bertz CT molecular complexity index is 926. The van der Waals surface area contributed by atoms with Gasteiger partial charge in [-0.2, -0.15) is 0 Å². The average molecular weight is 354 g/mol. The van der Waals surface area contributed by atoms with Gasteiger partial charge in [-0.3, -0.25) is 9.59 Å². The summed E-state index contributed by atoms with van der Waals surface area (Å²) in [6.45, 7) is 5.32. The van der Waals surface area contributed by atoms with Crippen LogP contribution in [0, 0.1) is 12.8 Å². The molecule has 7 heteroatoms. The van der Waals surface area contributed by atoms with Crippen LogP contribution in [0.3, 0.4) is 0 Å². The van der Waals surface area contributed by atoms with Crippen molar-refractivity contribution in [2.45, 2.75) is 33.2 Å². The van der Waals surface area contributed by atoms with Crippen molar-refractivity contribution in [1.29, 1.82) is 0 Å². The fourth-order valence-corrected chi connectivity index (χ4v) is 2.71. The van der Waals surface area contributed by atoms with Gasteiger partial charge in [0.1, 0.15) is 11.8 Å². The number of carbonyl (C=O) groups excluding carboxylic acids is 2. The van der Waals surface area contributed by atoms with Crippen molar-refractivity contribution >= 4 is 28.5 Å². The van der Waals surface area contributed by atoms with Crippen molar-refractivity contribution in [1.82, 2.24) is 15.5 Å². The van der Waals surface area contributed by atoms with Gasteiger partial charge in [0.05, 0.1) is 0 Å². The second kappa shape index (κ2) is 7.43. The zero-order valence-electron chi connectivity index (χ0n) is 15.0. The number of carbonyl (C=O) groups is 2. The number of amides is 2. The van der Waals surface area contributed by atoms with Gasteiger partial charge in [0, 0.05) is 35.5 Å². The number of H-pyrrole nitrogens is 1. The number of nitrogens with zero attached hydrogens (tertiary/aromatic N) is 1. The van der Waals surface area contributed by atoms with Crippen molar-refractivity contribution in [2.75, 3.05) is 5.32 Å². The number of aryl methyl sites for hydroxylation is 1. The van der Waals surface area contributed by atoms with Gasteiger partial charge in [0.15, 0.2) is 5.82 Å². The third-order valence-corrected chi connectivity index (χ3v) is 4.14. The van der Waals surface area contributed by atoms with Gasteiger partial charge in [0.25, 0.3) is 0 Å². The highest BCUT2D eigenvalue weighted by Gasteiger charge is 2.24. The third-order valence-electron chi connectivity index (χ3n) is 4.14. The van der Waals surface area contributed by atoms with E-state index in [1.165, 1.54) is 0 Å². The van der Waals surface area contributed by atoms with Crippen molar-refractivity contribution in [3.8, 4) is 0 Å². The molecule has 2 heterocycles. The van der Waals surface area contributed by atoms with E-state index in [9.17, 15) is 9.59 Å². The summed E-state index contributed by atoms with van der Waals surface area (Å²) < 4.78 is 4.97. The summed E-state index contributed by atoms with van der Waals surface area (Å²) in [4.78, 5) is 28.1. The Hall–Kier alpha value is -3.09. The minimum atomic E-state index is -0.721. The average Bonchev–Trinajstić information content (AvgIpc) is 3.20. The summed E-state index contributed by atoms with van der Waals surface area (Å²) >= 11 is 0. The number of benzene rings is 1. The number of hydrogen-bond donors (Lipinski definition) is 3. The highest BCUT2D eigenvalue weighted by atomic mass is 16.5. The molecule has 136 valence electrons. The number of fused-ring (bicyclic) bond motifs is 1. The SMILES string of the molecule is Cc1cc(NC(=O)[C@H](Cc2c[nH]c3ccccc23)NC(=O)C(C)C)no1. The predicted octanol–water partition coefficient (Wildman–Crippen LogP) is 2.79. The molecule has 1 aromatic carbocycles. The van der Waals surface area contributed by atoms with E-state index in [4.69, 9.17) is 4.52 Å². The van der Waals surface area contributed by atoms with E-state index in [2.05, 4.69) is 20.8 Å². The molecule has 2 aromatic heterocycles. The highest BCUT2D eigenvalue weighted by molar-refractivity contribution is 5.97. The van der Waals surface area contributed by atoms with Gasteiger partial charge in [0.2, 0.25) is 11.8 Å². The quantitative estimate of drug-likeness (QED) is 0.634. The molecule has 26 heavy (non-hydrogen) atoms. The number of aromatic amines is 1. The Morgan fingerprint density at radius 2 is 2.00 bits per heavy atom. The summed E-state index contributed by atoms with van der Waals surface area (Å²) in [5.41, 5.74) is 1.95. The molecule has 1 atom stereocenters. The third kappa shape index (κ3) is 3.93. The molecule has 3 rings (SSSR count). The molecule has 2 amide bonds. The first-order valence-electron chi connectivity index (χ1n) is 8.53. The largest absolute Gasteiger partial charge is 0.361 e. The molecule has 0 saturated heterocycles. The normalized spacial score (nSPS) is 12.3. The summed E-state index contributed by atoms with van der Waals surface area (Å²) in [6.07, 6.45) is 2.23. The van der Waals surface area contributed by atoms with Gasteiger partial charge >= 0.3 is 0 Å². The maximum Gasteiger partial charge on any atom is 0.248 e. The Morgan fingerprint density at radius 1 is 1.23 bits per heavy atom. The number of rotatable bonds is 6. The van der Waals surface area contributed by atoms with Crippen LogP contribution in [0.25, 0.3) is 10.9 Å². The summed E-state index contributed by atoms with van der Waals surface area (Å²) in [5.74, 6) is 0.191. The highest BCUT2D eigenvalue weighted by Crippen LogP contribution is 2.20. The molecule has 0 spiro atoms. The fraction of sp³-hybridized carbons (Fsp3) is 0.316. The molecule has 3 aromatic rings. The topological polar surface area (TPSA) is 100 Å². The van der Waals surface area contributed by atoms with Crippen LogP contribution >= 0.6 is 0 Å². The first-order chi connectivity index (χ1) is 12.4. The van der Waals surface area contributed by atoms with E-state index >= 15 is 0 Å². The van der Waals surface area contributed by atoms with Crippen LogP contribution in [0.15, 0.2) is 41.1 Å². The first kappa shape index (κ1) is 17.7. The lowest BCUT2D eigenvalue weighted by Crippen LogP contribution is -2.46.